The van der Waals surface area contributed by atoms with Gasteiger partial charge in [0, 0.05) is 13.8 Å². The molecule has 0 aromatic heterocycles. The number of hydrogen-bond donors (Lipinski definition) is 0. The van der Waals surface area contributed by atoms with Crippen molar-refractivity contribution >= 4 is 66.2 Å². The van der Waals surface area contributed by atoms with Crippen LogP contribution in [0.15, 0.2) is 124 Å². The SMILES string of the molecule is S=C(/C=C(\C(=C\c1ccccc1)c1ccc(Br)cc1)c1ccccc1)c1ccc(Br)cc1. The third-order valence-corrected chi connectivity index (χ3v) is 6.46. The molecule has 0 aliphatic heterocycles. The minimum absolute atomic E-state index is 0.799. The van der Waals surface area contributed by atoms with Gasteiger partial charge in [0.25, 0.3) is 0 Å². The average Bonchev–Trinajstić information content (AvgIpc) is 2.83. The smallest absolute Gasteiger partial charge is 0.0455 e. The van der Waals surface area contributed by atoms with Crippen molar-refractivity contribution in [2.45, 2.75) is 0 Å². The van der Waals surface area contributed by atoms with E-state index < -0.39 is 0 Å². The fraction of sp³-hybridized carbons (Fsp3) is 0. The Kier molecular flexibility index (Phi) is 7.64. The molecule has 0 spiro atoms. The molecule has 0 atom stereocenters. The lowest BCUT2D eigenvalue weighted by Crippen LogP contribution is -1.98. The molecule has 32 heavy (non-hydrogen) atoms. The molecule has 0 aliphatic rings. The summed E-state index contributed by atoms with van der Waals surface area (Å²) < 4.78 is 2.09. The van der Waals surface area contributed by atoms with Crippen LogP contribution in [0.4, 0.5) is 0 Å². The third kappa shape index (κ3) is 5.80. The normalized spacial score (nSPS) is 11.9. The number of hydrogen-bond acceptors (Lipinski definition) is 1. The maximum atomic E-state index is 5.87. The monoisotopic (exact) mass is 558 g/mol. The molecular weight excluding hydrogens is 540 g/mol. The van der Waals surface area contributed by atoms with Gasteiger partial charge < -0.3 is 0 Å². The zero-order chi connectivity index (χ0) is 22.3. The van der Waals surface area contributed by atoms with Crippen LogP contribution in [0.3, 0.4) is 0 Å². The summed E-state index contributed by atoms with van der Waals surface area (Å²) in [5.41, 5.74) is 6.62. The van der Waals surface area contributed by atoms with Crippen molar-refractivity contribution in [1.82, 2.24) is 0 Å². The van der Waals surface area contributed by atoms with Gasteiger partial charge in [0.05, 0.1) is 0 Å². The molecule has 0 radical (unpaired) electrons. The fourth-order valence-corrected chi connectivity index (χ4v) is 4.21. The van der Waals surface area contributed by atoms with Crippen molar-refractivity contribution < 1.29 is 0 Å². The van der Waals surface area contributed by atoms with Crippen LogP contribution < -0.4 is 0 Å². The number of thiocarbonyl (C=S) groups is 1. The summed E-state index contributed by atoms with van der Waals surface area (Å²) in [7, 11) is 0. The molecule has 0 saturated carbocycles. The molecular formula is C29H20Br2S. The second-order valence-electron chi connectivity index (χ2n) is 7.27. The highest BCUT2D eigenvalue weighted by atomic mass is 79.9. The van der Waals surface area contributed by atoms with Crippen LogP contribution in [0.5, 0.6) is 0 Å². The standard InChI is InChI=1S/C29H20Br2S/c30-25-15-11-23(12-16-25)27(19-21-7-3-1-4-8-21)28(22-9-5-2-6-10-22)20-29(32)24-13-17-26(31)18-14-24/h1-20H/b27-19+,28-20-. The van der Waals surface area contributed by atoms with Crippen molar-refractivity contribution in [2.24, 2.45) is 0 Å². The Morgan fingerprint density at radius 2 is 1.00 bits per heavy atom. The first-order valence-electron chi connectivity index (χ1n) is 10.2. The van der Waals surface area contributed by atoms with Crippen molar-refractivity contribution in [2.75, 3.05) is 0 Å². The van der Waals surface area contributed by atoms with E-state index in [0.717, 1.165) is 47.2 Å². The summed E-state index contributed by atoms with van der Waals surface area (Å²) in [6, 6.07) is 37.4. The van der Waals surface area contributed by atoms with E-state index in [0.29, 0.717) is 0 Å². The average molecular weight is 560 g/mol. The van der Waals surface area contributed by atoms with E-state index >= 15 is 0 Å². The molecule has 0 N–H and O–H groups in total. The minimum atomic E-state index is 0.799. The van der Waals surface area contributed by atoms with Gasteiger partial charge in [-0.1, -0.05) is 129 Å². The maximum Gasteiger partial charge on any atom is 0.0455 e. The maximum absolute atomic E-state index is 5.87. The molecule has 0 saturated heterocycles. The summed E-state index contributed by atoms with van der Waals surface area (Å²) >= 11 is 12.9. The summed E-state index contributed by atoms with van der Waals surface area (Å²) in [5, 5.41) is 0. The molecule has 4 aromatic carbocycles. The van der Waals surface area contributed by atoms with Crippen LogP contribution in [0, 0.1) is 0 Å². The predicted molar refractivity (Wildman–Crippen MR) is 149 cm³/mol. The predicted octanol–water partition coefficient (Wildman–Crippen LogP) is 9.25. The first-order chi connectivity index (χ1) is 15.6. The van der Waals surface area contributed by atoms with Crippen LogP contribution in [0.25, 0.3) is 17.2 Å². The summed E-state index contributed by atoms with van der Waals surface area (Å²) in [6.45, 7) is 0. The zero-order valence-electron chi connectivity index (χ0n) is 17.2. The number of halogens is 2. The van der Waals surface area contributed by atoms with E-state index in [2.05, 4.69) is 117 Å². The second-order valence-corrected chi connectivity index (χ2v) is 9.54. The first kappa shape index (κ1) is 22.6. The number of allylic oxidation sites excluding steroid dienone is 3. The third-order valence-electron chi connectivity index (χ3n) is 5.04. The molecule has 4 rings (SSSR count). The highest BCUT2D eigenvalue weighted by Gasteiger charge is 2.13. The Balaban J connectivity index is 1.91. The van der Waals surface area contributed by atoms with Crippen LogP contribution in [0.2, 0.25) is 0 Å². The van der Waals surface area contributed by atoms with E-state index in [1.807, 2.05) is 36.4 Å². The van der Waals surface area contributed by atoms with Crippen LogP contribution in [-0.4, -0.2) is 4.86 Å². The molecule has 0 bridgehead atoms. The highest BCUT2D eigenvalue weighted by molar-refractivity contribution is 9.10. The van der Waals surface area contributed by atoms with Gasteiger partial charge in [0.2, 0.25) is 0 Å². The molecule has 156 valence electrons. The lowest BCUT2D eigenvalue weighted by atomic mass is 9.89. The van der Waals surface area contributed by atoms with Crippen molar-refractivity contribution in [3.05, 3.63) is 146 Å². The fourth-order valence-electron chi connectivity index (χ4n) is 3.42. The second kappa shape index (κ2) is 10.8. The van der Waals surface area contributed by atoms with Crippen molar-refractivity contribution in [3.63, 3.8) is 0 Å². The van der Waals surface area contributed by atoms with Gasteiger partial charge in [-0.25, -0.2) is 0 Å². The van der Waals surface area contributed by atoms with Crippen molar-refractivity contribution in [3.8, 4) is 0 Å². The lowest BCUT2D eigenvalue weighted by molar-refractivity contribution is 1.56. The first-order valence-corrected chi connectivity index (χ1v) is 12.2. The molecule has 0 nitrogen and oxygen atoms in total. The lowest BCUT2D eigenvalue weighted by Gasteiger charge is -2.15. The number of benzene rings is 4. The molecule has 0 heterocycles. The topological polar surface area (TPSA) is 0 Å². The van der Waals surface area contributed by atoms with Crippen LogP contribution >= 0.6 is 44.1 Å². The van der Waals surface area contributed by atoms with Crippen molar-refractivity contribution in [1.29, 1.82) is 0 Å². The Morgan fingerprint density at radius 1 is 0.531 bits per heavy atom. The van der Waals surface area contributed by atoms with E-state index in [1.54, 1.807) is 0 Å². The van der Waals surface area contributed by atoms with E-state index in [1.165, 1.54) is 0 Å². The van der Waals surface area contributed by atoms with Gasteiger partial charge in [-0.15, -0.1) is 0 Å². The quantitative estimate of drug-likeness (QED) is 0.0745. The zero-order valence-corrected chi connectivity index (χ0v) is 21.2. The van der Waals surface area contributed by atoms with Gasteiger partial charge in [-0.3, -0.25) is 0 Å². The Hall–Kier alpha value is -2.59. The van der Waals surface area contributed by atoms with Gasteiger partial charge in [-0.2, -0.15) is 0 Å². The highest BCUT2D eigenvalue weighted by Crippen LogP contribution is 2.34. The van der Waals surface area contributed by atoms with E-state index in [4.69, 9.17) is 12.2 Å². The summed E-state index contributed by atoms with van der Waals surface area (Å²) in [6.07, 6.45) is 4.34. The molecule has 0 unspecified atom stereocenters. The Morgan fingerprint density at radius 3 is 1.56 bits per heavy atom. The molecule has 3 heteroatoms. The molecule has 0 aliphatic carbocycles. The molecule has 0 fully saturated rings. The summed E-state index contributed by atoms with van der Waals surface area (Å²) in [4.78, 5) is 0.799. The summed E-state index contributed by atoms with van der Waals surface area (Å²) in [5.74, 6) is 0. The van der Waals surface area contributed by atoms with Gasteiger partial charge >= 0.3 is 0 Å². The van der Waals surface area contributed by atoms with Gasteiger partial charge in [0.1, 0.15) is 0 Å². The van der Waals surface area contributed by atoms with Crippen LogP contribution in [-0.2, 0) is 0 Å². The van der Waals surface area contributed by atoms with Gasteiger partial charge in [-0.05, 0) is 69.8 Å². The Bertz CT molecular complexity index is 1250. The van der Waals surface area contributed by atoms with Crippen LogP contribution in [0.1, 0.15) is 22.3 Å². The van der Waals surface area contributed by atoms with E-state index in [-0.39, 0.29) is 0 Å². The Labute approximate surface area is 211 Å². The largest absolute Gasteiger partial charge is 0.0794 e. The molecule has 4 aromatic rings. The van der Waals surface area contributed by atoms with Gasteiger partial charge in [0.15, 0.2) is 0 Å². The van der Waals surface area contributed by atoms with E-state index in [9.17, 15) is 0 Å². The molecule has 0 amide bonds. The number of rotatable bonds is 6. The minimum Gasteiger partial charge on any atom is -0.0794 e.